The number of carbonyl (C=O) groups is 3. The third-order valence-electron chi connectivity index (χ3n) is 3.96. The lowest BCUT2D eigenvalue weighted by Crippen LogP contribution is -2.60. The van der Waals surface area contributed by atoms with Crippen LogP contribution in [0.5, 0.6) is 0 Å². The average molecular weight is 288 g/mol. The van der Waals surface area contributed by atoms with Crippen LogP contribution in [0.2, 0.25) is 0 Å². The van der Waals surface area contributed by atoms with Crippen molar-refractivity contribution in [2.24, 2.45) is 5.92 Å². The summed E-state index contributed by atoms with van der Waals surface area (Å²) in [6.45, 7) is 0. The molecule has 0 spiro atoms. The molecule has 1 aromatic rings. The van der Waals surface area contributed by atoms with Gasteiger partial charge in [0.25, 0.3) is 5.91 Å². The number of urea groups is 1. The summed E-state index contributed by atoms with van der Waals surface area (Å²) < 4.78 is 0. The Kier molecular flexibility index (Phi) is 3.60. The van der Waals surface area contributed by atoms with E-state index in [2.05, 4.69) is 5.32 Å². The molecule has 1 aliphatic carbocycles. The van der Waals surface area contributed by atoms with Gasteiger partial charge >= 0.3 is 12.0 Å². The minimum Gasteiger partial charge on any atom is -0.332 e. The highest BCUT2D eigenvalue weighted by Crippen LogP contribution is 2.29. The summed E-state index contributed by atoms with van der Waals surface area (Å²) in [7, 11) is 0. The summed E-state index contributed by atoms with van der Waals surface area (Å²) in [6, 6.07) is 7.48. The molecular formula is C15H16N2O4. The van der Waals surface area contributed by atoms with E-state index in [1.165, 1.54) is 0 Å². The van der Waals surface area contributed by atoms with Crippen LogP contribution < -0.4 is 5.32 Å². The van der Waals surface area contributed by atoms with Gasteiger partial charge in [0.2, 0.25) is 0 Å². The molecule has 2 fully saturated rings. The minimum absolute atomic E-state index is 0.134. The molecule has 110 valence electrons. The molecule has 6 heteroatoms. The van der Waals surface area contributed by atoms with Gasteiger partial charge in [-0.15, -0.1) is 0 Å². The maximum absolute atomic E-state index is 12.3. The number of hydroxylamine groups is 2. The van der Waals surface area contributed by atoms with Crippen molar-refractivity contribution < 1.29 is 19.2 Å². The lowest BCUT2D eigenvalue weighted by Gasteiger charge is -2.38. The summed E-state index contributed by atoms with van der Waals surface area (Å²) in [5, 5.41) is 3.32. The maximum atomic E-state index is 12.3. The Bertz CT molecular complexity index is 572. The topological polar surface area (TPSA) is 75.7 Å². The van der Waals surface area contributed by atoms with Gasteiger partial charge in [0, 0.05) is 6.04 Å². The van der Waals surface area contributed by atoms with E-state index < -0.39 is 17.9 Å². The van der Waals surface area contributed by atoms with Gasteiger partial charge in [-0.05, 0) is 25.0 Å². The van der Waals surface area contributed by atoms with E-state index in [-0.39, 0.29) is 12.0 Å². The quantitative estimate of drug-likeness (QED) is 0.901. The van der Waals surface area contributed by atoms with Gasteiger partial charge in [-0.3, -0.25) is 4.79 Å². The highest BCUT2D eigenvalue weighted by Gasteiger charge is 2.44. The van der Waals surface area contributed by atoms with Crippen molar-refractivity contribution >= 4 is 17.9 Å². The highest BCUT2D eigenvalue weighted by molar-refractivity contribution is 6.00. The number of nitrogens with one attached hydrogen (secondary N) is 1. The van der Waals surface area contributed by atoms with Crippen LogP contribution in [0.15, 0.2) is 30.3 Å². The highest BCUT2D eigenvalue weighted by atomic mass is 16.7. The number of nitrogens with zero attached hydrogens (tertiary/aromatic N) is 1. The molecule has 0 aromatic heterocycles. The number of amides is 3. The first kappa shape index (κ1) is 13.6. The first-order valence-corrected chi connectivity index (χ1v) is 7.08. The van der Waals surface area contributed by atoms with Crippen molar-refractivity contribution in [2.75, 3.05) is 0 Å². The molecule has 21 heavy (non-hydrogen) atoms. The molecule has 0 bridgehead atoms. The molecule has 1 aromatic carbocycles. The van der Waals surface area contributed by atoms with Crippen LogP contribution in [0.3, 0.4) is 0 Å². The van der Waals surface area contributed by atoms with Crippen LogP contribution in [-0.2, 0) is 9.63 Å². The Labute approximate surface area is 122 Å². The first-order chi connectivity index (χ1) is 10.2. The van der Waals surface area contributed by atoms with Gasteiger partial charge in [0.05, 0.1) is 11.5 Å². The van der Waals surface area contributed by atoms with Crippen LogP contribution in [0.4, 0.5) is 4.79 Å². The third kappa shape index (κ3) is 2.61. The van der Waals surface area contributed by atoms with Crippen LogP contribution in [0.25, 0.3) is 0 Å². The Balaban J connectivity index is 1.74. The van der Waals surface area contributed by atoms with Gasteiger partial charge in [-0.2, -0.15) is 0 Å². The molecular weight excluding hydrogens is 272 g/mol. The molecule has 1 aliphatic heterocycles. The number of fused-ring (bicyclic) bond motifs is 1. The lowest BCUT2D eigenvalue weighted by molar-refractivity contribution is -0.165. The van der Waals surface area contributed by atoms with E-state index in [0.29, 0.717) is 17.0 Å². The summed E-state index contributed by atoms with van der Waals surface area (Å²) in [6.07, 6.45) is 3.45. The number of imide groups is 1. The summed E-state index contributed by atoms with van der Waals surface area (Å²) in [5.41, 5.74) is 0.295. The third-order valence-corrected chi connectivity index (χ3v) is 3.96. The zero-order valence-corrected chi connectivity index (χ0v) is 11.5. The second-order valence-corrected chi connectivity index (χ2v) is 5.32. The Hall–Kier alpha value is -2.37. The van der Waals surface area contributed by atoms with Crippen molar-refractivity contribution in [1.82, 2.24) is 10.4 Å². The van der Waals surface area contributed by atoms with Crippen LogP contribution in [-0.4, -0.2) is 29.0 Å². The van der Waals surface area contributed by atoms with Crippen LogP contribution >= 0.6 is 0 Å². The van der Waals surface area contributed by atoms with Crippen molar-refractivity contribution in [2.45, 2.75) is 31.7 Å². The van der Waals surface area contributed by atoms with Crippen LogP contribution in [0, 0.1) is 5.92 Å². The molecule has 2 atom stereocenters. The molecule has 2 aliphatic rings. The Morgan fingerprint density at radius 1 is 1.14 bits per heavy atom. The normalized spacial score (nSPS) is 25.0. The number of rotatable bonds is 2. The zero-order valence-electron chi connectivity index (χ0n) is 11.5. The molecule has 1 saturated heterocycles. The maximum Gasteiger partial charge on any atom is 0.363 e. The van der Waals surface area contributed by atoms with Crippen molar-refractivity contribution in [3.05, 3.63) is 35.9 Å². The first-order valence-electron chi connectivity index (χ1n) is 7.08. The molecule has 3 amide bonds. The molecule has 1 saturated carbocycles. The number of carbonyl (C=O) groups excluding carboxylic acids is 3. The van der Waals surface area contributed by atoms with Gasteiger partial charge in [0.15, 0.2) is 0 Å². The largest absolute Gasteiger partial charge is 0.363 e. The summed E-state index contributed by atoms with van der Waals surface area (Å²) in [5.74, 6) is -1.43. The van der Waals surface area contributed by atoms with Crippen LogP contribution in [0.1, 0.15) is 36.0 Å². The molecule has 3 rings (SSSR count). The van der Waals surface area contributed by atoms with E-state index in [0.717, 1.165) is 19.3 Å². The molecule has 0 radical (unpaired) electrons. The fraction of sp³-hybridized carbons (Fsp3) is 0.400. The van der Waals surface area contributed by atoms with E-state index in [4.69, 9.17) is 4.84 Å². The summed E-state index contributed by atoms with van der Waals surface area (Å²) in [4.78, 5) is 41.2. The van der Waals surface area contributed by atoms with Gasteiger partial charge in [-0.25, -0.2) is 9.59 Å². The molecule has 6 nitrogen and oxygen atoms in total. The molecule has 1 N–H and O–H groups in total. The van der Waals surface area contributed by atoms with Crippen molar-refractivity contribution in [1.29, 1.82) is 0 Å². The predicted molar refractivity (Wildman–Crippen MR) is 73.0 cm³/mol. The standard InChI is InChI=1S/C15H16N2O4/c18-13-11-8-4-5-9-12(11)16-15(20)17(13)21-14(19)10-6-2-1-3-7-10/h1-3,6-7,11-12H,4-5,8-9H2,(H,16,20)/t11-,12-/m1/s1. The monoisotopic (exact) mass is 288 g/mol. The van der Waals surface area contributed by atoms with Gasteiger partial charge in [-0.1, -0.05) is 36.1 Å². The number of benzene rings is 1. The van der Waals surface area contributed by atoms with Gasteiger partial charge in [0.1, 0.15) is 0 Å². The Morgan fingerprint density at radius 2 is 1.86 bits per heavy atom. The second-order valence-electron chi connectivity index (χ2n) is 5.32. The second kappa shape index (κ2) is 5.55. The van der Waals surface area contributed by atoms with E-state index in [9.17, 15) is 14.4 Å². The van der Waals surface area contributed by atoms with Gasteiger partial charge < -0.3 is 10.2 Å². The smallest absolute Gasteiger partial charge is 0.332 e. The fourth-order valence-electron chi connectivity index (χ4n) is 2.86. The minimum atomic E-state index is -0.714. The Morgan fingerprint density at radius 3 is 2.62 bits per heavy atom. The number of hydrogen-bond acceptors (Lipinski definition) is 4. The van der Waals surface area contributed by atoms with E-state index in [1.807, 2.05) is 0 Å². The average Bonchev–Trinajstić information content (AvgIpc) is 2.52. The predicted octanol–water partition coefficient (Wildman–Crippen LogP) is 1.87. The molecule has 1 heterocycles. The molecule has 0 unspecified atom stereocenters. The van der Waals surface area contributed by atoms with E-state index >= 15 is 0 Å². The van der Waals surface area contributed by atoms with Crippen molar-refractivity contribution in [3.63, 3.8) is 0 Å². The van der Waals surface area contributed by atoms with Crippen molar-refractivity contribution in [3.8, 4) is 0 Å². The zero-order chi connectivity index (χ0) is 14.8. The number of hydrogen-bond donors (Lipinski definition) is 1. The lowest BCUT2D eigenvalue weighted by atomic mass is 9.83. The SMILES string of the molecule is O=C(ON1C(=O)N[C@@H]2CCCC[C@H]2C1=O)c1ccccc1. The fourth-order valence-corrected chi connectivity index (χ4v) is 2.86. The van der Waals surface area contributed by atoms with E-state index in [1.54, 1.807) is 30.3 Å². The summed E-state index contributed by atoms with van der Waals surface area (Å²) >= 11 is 0.